The number of hydrogen-bond donors (Lipinski definition) is 1. The van der Waals surface area contributed by atoms with Crippen molar-refractivity contribution in [1.29, 1.82) is 0 Å². The number of hydrogen-bond acceptors (Lipinski definition) is 8. The third-order valence-electron chi connectivity index (χ3n) is 4.86. The van der Waals surface area contributed by atoms with E-state index >= 15 is 0 Å². The highest BCUT2D eigenvalue weighted by Gasteiger charge is 2.22. The molecule has 0 unspecified atom stereocenters. The number of nitrogens with one attached hydrogen (secondary N) is 1. The van der Waals surface area contributed by atoms with Crippen molar-refractivity contribution in [3.05, 3.63) is 47.9 Å². The maximum atomic E-state index is 13.1. The van der Waals surface area contributed by atoms with Gasteiger partial charge in [0.15, 0.2) is 5.13 Å². The number of piperazine rings is 1. The predicted molar refractivity (Wildman–Crippen MR) is 116 cm³/mol. The Hall–Kier alpha value is -2.89. The van der Waals surface area contributed by atoms with Crippen LogP contribution in [0.25, 0.3) is 16.2 Å². The van der Waals surface area contributed by atoms with E-state index in [1.54, 1.807) is 22.8 Å². The molecule has 0 atom stereocenters. The van der Waals surface area contributed by atoms with E-state index in [9.17, 15) is 9.18 Å². The summed E-state index contributed by atoms with van der Waals surface area (Å²) in [5.74, 6) is -0.306. The number of amides is 1. The fraction of sp³-hybridized carbons (Fsp3) is 0.263. The summed E-state index contributed by atoms with van der Waals surface area (Å²) in [5, 5.41) is 10.9. The molecule has 0 spiro atoms. The molecule has 1 fully saturated rings. The second-order valence-electron chi connectivity index (χ2n) is 6.89. The minimum atomic E-state index is -0.264. The summed E-state index contributed by atoms with van der Waals surface area (Å²) in [5.41, 5.74) is 1.64. The maximum absolute atomic E-state index is 13.1. The number of carbonyl (C=O) groups is 1. The molecule has 1 amide bonds. The van der Waals surface area contributed by atoms with E-state index in [2.05, 4.69) is 30.2 Å². The lowest BCUT2D eigenvalue weighted by molar-refractivity contribution is -0.117. The van der Waals surface area contributed by atoms with Crippen molar-refractivity contribution in [2.45, 2.75) is 0 Å². The molecule has 4 aromatic rings. The zero-order chi connectivity index (χ0) is 20.5. The van der Waals surface area contributed by atoms with Gasteiger partial charge >= 0.3 is 0 Å². The smallest absolute Gasteiger partial charge is 0.240 e. The fourth-order valence-electron chi connectivity index (χ4n) is 3.32. The number of benzene rings is 1. The summed E-state index contributed by atoms with van der Waals surface area (Å²) >= 11 is 2.94. The van der Waals surface area contributed by atoms with Gasteiger partial charge in [-0.1, -0.05) is 11.3 Å². The average molecular weight is 444 g/mol. The number of nitrogens with zero attached hydrogens (tertiary/aromatic N) is 6. The van der Waals surface area contributed by atoms with Crippen LogP contribution in [0.1, 0.15) is 0 Å². The number of carbonyl (C=O) groups excluding carboxylic acids is 1. The molecule has 0 saturated carbocycles. The highest BCUT2D eigenvalue weighted by Crippen LogP contribution is 2.27. The zero-order valence-electron chi connectivity index (χ0n) is 15.9. The molecule has 1 aliphatic rings. The molecule has 1 aliphatic heterocycles. The van der Waals surface area contributed by atoms with Crippen molar-refractivity contribution in [1.82, 2.24) is 24.5 Å². The third-order valence-corrected chi connectivity index (χ3v) is 6.53. The Bertz CT molecular complexity index is 1120. The van der Waals surface area contributed by atoms with E-state index in [-0.39, 0.29) is 11.7 Å². The minimum absolute atomic E-state index is 0.0422. The standard InChI is InChI=1S/C19H18FN7OS2/c20-14-3-1-13(2-4-14)15-11-27-18(22-15)30-19(24-27)26-8-6-25(7-9-26)12-16(28)23-17-21-5-10-29-17/h1-5,10-11H,6-9,12H2,(H,21,23,28). The molecule has 1 N–H and O–H groups in total. The predicted octanol–water partition coefficient (Wildman–Crippen LogP) is 2.81. The molecule has 4 heterocycles. The summed E-state index contributed by atoms with van der Waals surface area (Å²) in [6.45, 7) is 3.52. The summed E-state index contributed by atoms with van der Waals surface area (Å²) < 4.78 is 14.9. The first kappa shape index (κ1) is 19.1. The molecule has 30 heavy (non-hydrogen) atoms. The lowest BCUT2D eigenvalue weighted by atomic mass is 10.2. The molecule has 11 heteroatoms. The lowest BCUT2D eigenvalue weighted by Crippen LogP contribution is -2.48. The Balaban J connectivity index is 1.19. The number of aromatic nitrogens is 4. The van der Waals surface area contributed by atoms with Gasteiger partial charge in [0.1, 0.15) is 5.82 Å². The number of halogens is 1. The molecule has 8 nitrogen and oxygen atoms in total. The van der Waals surface area contributed by atoms with Crippen molar-refractivity contribution in [3.63, 3.8) is 0 Å². The lowest BCUT2D eigenvalue weighted by Gasteiger charge is -2.33. The number of thiazole rings is 1. The molecular weight excluding hydrogens is 425 g/mol. The SMILES string of the molecule is O=C(CN1CCN(c2nn3cc(-c4ccc(F)cc4)nc3s2)CC1)Nc1nccs1. The Morgan fingerprint density at radius 3 is 2.67 bits per heavy atom. The topological polar surface area (TPSA) is 78.7 Å². The van der Waals surface area contributed by atoms with E-state index in [0.717, 1.165) is 47.5 Å². The number of imidazole rings is 1. The van der Waals surface area contributed by atoms with Crippen LogP contribution < -0.4 is 10.2 Å². The van der Waals surface area contributed by atoms with Gasteiger partial charge in [-0.2, -0.15) is 0 Å². The molecule has 0 radical (unpaired) electrons. The van der Waals surface area contributed by atoms with Gasteiger partial charge in [0.05, 0.1) is 18.4 Å². The van der Waals surface area contributed by atoms with Gasteiger partial charge in [-0.3, -0.25) is 9.69 Å². The Kier molecular flexibility index (Phi) is 5.15. The van der Waals surface area contributed by atoms with E-state index in [1.807, 2.05) is 11.6 Å². The third kappa shape index (κ3) is 4.04. The van der Waals surface area contributed by atoms with Gasteiger partial charge < -0.3 is 10.2 Å². The normalized spacial score (nSPS) is 15.0. The molecule has 1 aromatic carbocycles. The first-order valence-corrected chi connectivity index (χ1v) is 11.1. The largest absolute Gasteiger partial charge is 0.344 e. The molecule has 1 saturated heterocycles. The van der Waals surface area contributed by atoms with Gasteiger partial charge in [-0.05, 0) is 24.3 Å². The van der Waals surface area contributed by atoms with Crippen LogP contribution in [0.2, 0.25) is 0 Å². The quantitative estimate of drug-likeness (QED) is 0.511. The van der Waals surface area contributed by atoms with Crippen molar-refractivity contribution in [2.75, 3.05) is 42.9 Å². The molecular formula is C19H18FN7OS2. The zero-order valence-corrected chi connectivity index (χ0v) is 17.5. The molecule has 0 bridgehead atoms. The molecule has 0 aliphatic carbocycles. The second kappa shape index (κ2) is 8.09. The highest BCUT2D eigenvalue weighted by atomic mass is 32.1. The van der Waals surface area contributed by atoms with Gasteiger partial charge in [-0.25, -0.2) is 18.9 Å². The van der Waals surface area contributed by atoms with Crippen LogP contribution in [0.15, 0.2) is 42.0 Å². The van der Waals surface area contributed by atoms with Gasteiger partial charge in [0.25, 0.3) is 0 Å². The van der Waals surface area contributed by atoms with Gasteiger partial charge in [0, 0.05) is 43.3 Å². The van der Waals surface area contributed by atoms with Crippen LogP contribution in [0.3, 0.4) is 0 Å². The minimum Gasteiger partial charge on any atom is -0.344 e. The first-order chi connectivity index (χ1) is 14.6. The fourth-order valence-corrected chi connectivity index (χ4v) is 4.80. The Labute approximate surface area is 179 Å². The van der Waals surface area contributed by atoms with E-state index in [4.69, 9.17) is 0 Å². The van der Waals surface area contributed by atoms with Crippen LogP contribution in [0.4, 0.5) is 14.7 Å². The van der Waals surface area contributed by atoms with Crippen LogP contribution >= 0.6 is 22.7 Å². The van der Waals surface area contributed by atoms with Crippen LogP contribution in [0, 0.1) is 5.82 Å². The van der Waals surface area contributed by atoms with Crippen LogP contribution in [-0.2, 0) is 4.79 Å². The monoisotopic (exact) mass is 443 g/mol. The first-order valence-electron chi connectivity index (χ1n) is 9.43. The molecule has 5 rings (SSSR count). The number of rotatable bonds is 5. The van der Waals surface area contributed by atoms with E-state index in [0.29, 0.717) is 11.7 Å². The summed E-state index contributed by atoms with van der Waals surface area (Å²) in [6, 6.07) is 6.29. The average Bonchev–Trinajstić information content (AvgIpc) is 3.46. The van der Waals surface area contributed by atoms with Crippen molar-refractivity contribution in [3.8, 4) is 11.3 Å². The van der Waals surface area contributed by atoms with Crippen molar-refractivity contribution >= 4 is 43.8 Å². The van der Waals surface area contributed by atoms with Gasteiger partial charge in [0.2, 0.25) is 16.0 Å². The van der Waals surface area contributed by atoms with E-state index in [1.165, 1.54) is 34.8 Å². The van der Waals surface area contributed by atoms with Crippen LogP contribution in [0.5, 0.6) is 0 Å². The Morgan fingerprint density at radius 2 is 1.97 bits per heavy atom. The van der Waals surface area contributed by atoms with Gasteiger partial charge in [-0.15, -0.1) is 16.4 Å². The second-order valence-corrected chi connectivity index (χ2v) is 8.72. The van der Waals surface area contributed by atoms with Crippen molar-refractivity contribution < 1.29 is 9.18 Å². The number of fused-ring (bicyclic) bond motifs is 1. The molecule has 154 valence electrons. The summed E-state index contributed by atoms with van der Waals surface area (Å²) in [4.78, 5) is 26.0. The Morgan fingerprint density at radius 1 is 1.17 bits per heavy atom. The number of anilines is 2. The molecule has 3 aromatic heterocycles. The van der Waals surface area contributed by atoms with Crippen LogP contribution in [-0.4, -0.2) is 63.1 Å². The maximum Gasteiger partial charge on any atom is 0.240 e. The van der Waals surface area contributed by atoms with E-state index < -0.39 is 0 Å². The van der Waals surface area contributed by atoms with Crippen molar-refractivity contribution in [2.24, 2.45) is 0 Å². The highest BCUT2D eigenvalue weighted by molar-refractivity contribution is 7.20. The summed E-state index contributed by atoms with van der Waals surface area (Å²) in [6.07, 6.45) is 3.54. The summed E-state index contributed by atoms with van der Waals surface area (Å²) in [7, 11) is 0.